The predicted molar refractivity (Wildman–Crippen MR) is 127 cm³/mol. The average molecular weight is 458 g/mol. The van der Waals surface area contributed by atoms with Crippen LogP contribution in [0.3, 0.4) is 0 Å². The fraction of sp³-hybridized carbons (Fsp3) is 0.0400. The van der Waals surface area contributed by atoms with Crippen LogP contribution >= 0.6 is 0 Å². The van der Waals surface area contributed by atoms with Gasteiger partial charge in [0.2, 0.25) is 0 Å². The number of rotatable bonds is 6. The molecule has 0 saturated heterocycles. The SMILES string of the molecule is CS(=O)(=O)c1cccc(Nc2nc3cccc(-c4ccc(Oc5ccncc5)cc4)c3o2)c1. The quantitative estimate of drug-likeness (QED) is 0.343. The highest BCUT2D eigenvalue weighted by Gasteiger charge is 2.13. The molecule has 164 valence electrons. The Hall–Kier alpha value is -4.17. The molecule has 33 heavy (non-hydrogen) atoms. The Morgan fingerprint density at radius 1 is 0.879 bits per heavy atom. The van der Waals surface area contributed by atoms with Crippen LogP contribution < -0.4 is 10.1 Å². The number of oxazole rings is 1. The number of pyridine rings is 1. The minimum Gasteiger partial charge on any atom is -0.457 e. The van der Waals surface area contributed by atoms with Crippen molar-refractivity contribution < 1.29 is 17.6 Å². The molecule has 5 rings (SSSR count). The van der Waals surface area contributed by atoms with E-state index in [9.17, 15) is 8.42 Å². The Bertz CT molecular complexity index is 1530. The summed E-state index contributed by atoms with van der Waals surface area (Å²) in [5, 5.41) is 3.05. The maximum absolute atomic E-state index is 11.8. The molecule has 8 heteroatoms. The van der Waals surface area contributed by atoms with Crippen molar-refractivity contribution in [3.63, 3.8) is 0 Å². The normalized spacial score (nSPS) is 11.4. The first-order valence-electron chi connectivity index (χ1n) is 10.1. The zero-order chi connectivity index (χ0) is 22.8. The van der Waals surface area contributed by atoms with Crippen molar-refractivity contribution in [2.24, 2.45) is 0 Å². The van der Waals surface area contributed by atoms with Crippen molar-refractivity contribution in [2.75, 3.05) is 11.6 Å². The Morgan fingerprint density at radius 2 is 1.61 bits per heavy atom. The number of hydrogen-bond acceptors (Lipinski definition) is 7. The summed E-state index contributed by atoms with van der Waals surface area (Å²) in [4.78, 5) is 8.71. The lowest BCUT2D eigenvalue weighted by Crippen LogP contribution is -1.98. The number of para-hydroxylation sites is 1. The molecular formula is C25H19N3O4S. The van der Waals surface area contributed by atoms with Gasteiger partial charge in [0.05, 0.1) is 4.90 Å². The zero-order valence-corrected chi connectivity index (χ0v) is 18.4. The first kappa shape index (κ1) is 20.7. The fourth-order valence-corrected chi connectivity index (χ4v) is 4.07. The lowest BCUT2D eigenvalue weighted by molar-refractivity contribution is 0.482. The molecule has 0 fully saturated rings. The lowest BCUT2D eigenvalue weighted by atomic mass is 10.0. The van der Waals surface area contributed by atoms with Gasteiger partial charge in [0, 0.05) is 29.9 Å². The fourth-order valence-electron chi connectivity index (χ4n) is 3.40. The van der Waals surface area contributed by atoms with Crippen LogP contribution in [0.5, 0.6) is 11.5 Å². The lowest BCUT2D eigenvalue weighted by Gasteiger charge is -2.07. The van der Waals surface area contributed by atoms with Crippen molar-refractivity contribution in [3.8, 4) is 22.6 Å². The van der Waals surface area contributed by atoms with E-state index >= 15 is 0 Å². The molecule has 0 saturated carbocycles. The summed E-state index contributed by atoms with van der Waals surface area (Å²) in [6.07, 6.45) is 4.53. The molecule has 0 aliphatic heterocycles. The van der Waals surface area contributed by atoms with E-state index in [1.165, 1.54) is 6.26 Å². The molecule has 0 aliphatic rings. The first-order valence-corrected chi connectivity index (χ1v) is 12.0. The van der Waals surface area contributed by atoms with Gasteiger partial charge in [0.15, 0.2) is 15.4 Å². The van der Waals surface area contributed by atoms with Crippen molar-refractivity contribution in [2.45, 2.75) is 4.90 Å². The molecule has 2 aromatic heterocycles. The van der Waals surface area contributed by atoms with Crippen LogP contribution in [-0.2, 0) is 9.84 Å². The van der Waals surface area contributed by atoms with Crippen LogP contribution in [0.15, 0.2) is 101 Å². The van der Waals surface area contributed by atoms with E-state index in [1.807, 2.05) is 42.5 Å². The number of sulfone groups is 1. The van der Waals surface area contributed by atoms with E-state index in [0.717, 1.165) is 11.1 Å². The molecular weight excluding hydrogens is 438 g/mol. The molecule has 0 bridgehead atoms. The number of benzene rings is 3. The molecule has 0 unspecified atom stereocenters. The third-order valence-corrected chi connectivity index (χ3v) is 6.09. The molecule has 2 heterocycles. The molecule has 1 N–H and O–H groups in total. The van der Waals surface area contributed by atoms with Crippen molar-refractivity contribution in [3.05, 3.63) is 91.3 Å². The van der Waals surface area contributed by atoms with Gasteiger partial charge >= 0.3 is 0 Å². The molecule has 0 radical (unpaired) electrons. The van der Waals surface area contributed by atoms with Crippen molar-refractivity contribution in [1.82, 2.24) is 9.97 Å². The molecule has 5 aromatic rings. The summed E-state index contributed by atoms with van der Waals surface area (Å²) in [6, 6.07) is 23.8. The molecule has 0 atom stereocenters. The number of fused-ring (bicyclic) bond motifs is 1. The minimum absolute atomic E-state index is 0.221. The number of nitrogens with one attached hydrogen (secondary N) is 1. The van der Waals surface area contributed by atoms with Gasteiger partial charge in [-0.15, -0.1) is 0 Å². The van der Waals surface area contributed by atoms with Crippen LogP contribution in [0.25, 0.3) is 22.2 Å². The molecule has 0 aliphatic carbocycles. The largest absolute Gasteiger partial charge is 0.457 e. The third-order valence-electron chi connectivity index (χ3n) is 4.98. The summed E-state index contributed by atoms with van der Waals surface area (Å²) in [5.74, 6) is 1.42. The highest BCUT2D eigenvalue weighted by molar-refractivity contribution is 7.90. The van der Waals surface area contributed by atoms with E-state index in [1.54, 1.807) is 48.8 Å². The first-order chi connectivity index (χ1) is 16.0. The highest BCUT2D eigenvalue weighted by Crippen LogP contribution is 2.33. The van der Waals surface area contributed by atoms with E-state index in [0.29, 0.717) is 28.3 Å². The maximum Gasteiger partial charge on any atom is 0.300 e. The summed E-state index contributed by atoms with van der Waals surface area (Å²) in [5.41, 5.74) is 3.72. The average Bonchev–Trinajstić information content (AvgIpc) is 3.22. The third kappa shape index (κ3) is 4.56. The van der Waals surface area contributed by atoms with E-state index in [4.69, 9.17) is 9.15 Å². The predicted octanol–water partition coefficient (Wildman–Crippen LogP) is 5.83. The van der Waals surface area contributed by atoms with Gasteiger partial charge < -0.3 is 14.5 Å². The Balaban J connectivity index is 1.42. The van der Waals surface area contributed by atoms with Crippen molar-refractivity contribution >= 4 is 32.6 Å². The van der Waals surface area contributed by atoms with Crippen LogP contribution in [0.2, 0.25) is 0 Å². The summed E-state index contributed by atoms with van der Waals surface area (Å²) >= 11 is 0. The van der Waals surface area contributed by atoms with E-state index < -0.39 is 9.84 Å². The Kier molecular flexibility index (Phi) is 5.27. The van der Waals surface area contributed by atoms with E-state index in [-0.39, 0.29) is 10.9 Å². The number of anilines is 2. The van der Waals surface area contributed by atoms with Crippen molar-refractivity contribution in [1.29, 1.82) is 0 Å². The van der Waals surface area contributed by atoms with Gasteiger partial charge in [0.1, 0.15) is 17.0 Å². The van der Waals surface area contributed by atoms with Gasteiger partial charge in [-0.1, -0.05) is 30.3 Å². The topological polar surface area (TPSA) is 94.3 Å². The van der Waals surface area contributed by atoms with Crippen LogP contribution in [0.1, 0.15) is 0 Å². The molecule has 7 nitrogen and oxygen atoms in total. The molecule has 0 amide bonds. The van der Waals surface area contributed by atoms with E-state index in [2.05, 4.69) is 15.3 Å². The second kappa shape index (κ2) is 8.40. The van der Waals surface area contributed by atoms with Gasteiger partial charge in [0.25, 0.3) is 6.01 Å². The van der Waals surface area contributed by atoms with Gasteiger partial charge in [-0.2, -0.15) is 4.98 Å². The Morgan fingerprint density at radius 3 is 2.36 bits per heavy atom. The second-order valence-electron chi connectivity index (χ2n) is 7.41. The molecule has 0 spiro atoms. The van der Waals surface area contributed by atoms with Gasteiger partial charge in [-0.3, -0.25) is 4.98 Å². The summed E-state index contributed by atoms with van der Waals surface area (Å²) < 4.78 is 35.5. The minimum atomic E-state index is -3.31. The molecule has 3 aromatic carbocycles. The number of aromatic nitrogens is 2. The standard InChI is InChI=1S/C25H19N3O4S/c1-33(29,30)21-5-2-4-18(16-21)27-25-28-23-7-3-6-22(24(23)32-25)17-8-10-19(11-9-17)31-20-12-14-26-15-13-20/h2-16H,1H3,(H,27,28). The second-order valence-corrected chi connectivity index (χ2v) is 9.42. The summed E-state index contributed by atoms with van der Waals surface area (Å²) in [7, 11) is -3.31. The van der Waals surface area contributed by atoms with Crippen LogP contribution in [-0.4, -0.2) is 24.6 Å². The number of ether oxygens (including phenoxy) is 1. The summed E-state index contributed by atoms with van der Waals surface area (Å²) in [6.45, 7) is 0. The maximum atomic E-state index is 11.8. The Labute approximate surface area is 190 Å². The van der Waals surface area contributed by atoms with Gasteiger partial charge in [-0.25, -0.2) is 8.42 Å². The van der Waals surface area contributed by atoms with Crippen LogP contribution in [0, 0.1) is 0 Å². The highest BCUT2D eigenvalue weighted by atomic mass is 32.2. The van der Waals surface area contributed by atoms with Gasteiger partial charge in [-0.05, 0) is 54.1 Å². The smallest absolute Gasteiger partial charge is 0.300 e. The monoisotopic (exact) mass is 457 g/mol. The van der Waals surface area contributed by atoms with Crippen LogP contribution in [0.4, 0.5) is 11.7 Å². The number of nitrogens with zero attached hydrogens (tertiary/aromatic N) is 2. The zero-order valence-electron chi connectivity index (χ0n) is 17.6. The number of hydrogen-bond donors (Lipinski definition) is 1.